The van der Waals surface area contributed by atoms with Gasteiger partial charge in [-0.3, -0.25) is 4.79 Å². The van der Waals surface area contributed by atoms with Crippen LogP contribution < -0.4 is 15.8 Å². The molecule has 6 nitrogen and oxygen atoms in total. The number of nitrogens with zero attached hydrogens (tertiary/aromatic N) is 2. The molecule has 0 spiro atoms. The van der Waals surface area contributed by atoms with E-state index in [-0.39, 0.29) is 5.91 Å². The number of nitrogens with one attached hydrogen (secondary N) is 1. The molecule has 3 rings (SSSR count). The number of carbonyl (C=O) groups is 1. The fourth-order valence-electron chi connectivity index (χ4n) is 3.17. The molecule has 3 aromatic rings. The average molecular weight is 393 g/mol. The minimum Gasteiger partial charge on any atom is -0.497 e. The van der Waals surface area contributed by atoms with Gasteiger partial charge < -0.3 is 20.4 Å². The molecule has 3 N–H and O–H groups in total. The fraction of sp³-hybridized carbons (Fsp3) is 0.304. The molecule has 0 aliphatic carbocycles. The summed E-state index contributed by atoms with van der Waals surface area (Å²) in [7, 11) is 1.66. The van der Waals surface area contributed by atoms with Crippen molar-refractivity contribution in [3.63, 3.8) is 0 Å². The highest BCUT2D eigenvalue weighted by Gasteiger charge is 2.15. The molecular formula is C23H28N4O2. The molecule has 0 bridgehead atoms. The molecule has 0 aliphatic heterocycles. The van der Waals surface area contributed by atoms with Crippen molar-refractivity contribution in [1.82, 2.24) is 14.9 Å². The van der Waals surface area contributed by atoms with Gasteiger partial charge in [0.1, 0.15) is 5.75 Å². The van der Waals surface area contributed by atoms with E-state index in [2.05, 4.69) is 28.5 Å². The monoisotopic (exact) mass is 392 g/mol. The van der Waals surface area contributed by atoms with Crippen LogP contribution in [0.15, 0.2) is 67.1 Å². The Morgan fingerprint density at radius 2 is 1.97 bits per heavy atom. The van der Waals surface area contributed by atoms with Crippen molar-refractivity contribution < 1.29 is 9.53 Å². The predicted octanol–water partition coefficient (Wildman–Crippen LogP) is 2.56. The average Bonchev–Trinajstić information content (AvgIpc) is 3.18. The topological polar surface area (TPSA) is 82.2 Å². The van der Waals surface area contributed by atoms with Crippen LogP contribution in [0.25, 0.3) is 0 Å². The zero-order valence-corrected chi connectivity index (χ0v) is 16.8. The number of aromatic nitrogens is 2. The molecule has 1 atom stereocenters. The summed E-state index contributed by atoms with van der Waals surface area (Å²) in [5, 5.41) is 2.92. The van der Waals surface area contributed by atoms with Crippen LogP contribution >= 0.6 is 0 Å². The maximum atomic E-state index is 12.3. The maximum Gasteiger partial charge on any atom is 0.237 e. The van der Waals surface area contributed by atoms with E-state index in [0.717, 1.165) is 30.8 Å². The Morgan fingerprint density at radius 3 is 2.76 bits per heavy atom. The zero-order valence-electron chi connectivity index (χ0n) is 16.8. The lowest BCUT2D eigenvalue weighted by Gasteiger charge is -2.11. The van der Waals surface area contributed by atoms with Crippen LogP contribution in [-0.4, -0.2) is 35.2 Å². The molecule has 0 unspecified atom stereocenters. The van der Waals surface area contributed by atoms with Gasteiger partial charge in [-0.1, -0.05) is 42.5 Å². The summed E-state index contributed by atoms with van der Waals surface area (Å²) in [6, 6.07) is 17.5. The van der Waals surface area contributed by atoms with Crippen molar-refractivity contribution in [3.8, 4) is 5.75 Å². The van der Waals surface area contributed by atoms with Crippen molar-refractivity contribution >= 4 is 5.91 Å². The van der Waals surface area contributed by atoms with Crippen LogP contribution in [-0.2, 0) is 24.2 Å². The Hall–Kier alpha value is -3.12. The third-order valence-corrected chi connectivity index (χ3v) is 4.74. The van der Waals surface area contributed by atoms with Gasteiger partial charge >= 0.3 is 0 Å². The van der Waals surface area contributed by atoms with Gasteiger partial charge in [0, 0.05) is 25.7 Å². The first kappa shape index (κ1) is 20.6. The van der Waals surface area contributed by atoms with Crippen LogP contribution in [0.4, 0.5) is 0 Å². The Kier molecular flexibility index (Phi) is 7.41. The molecule has 1 aromatic heterocycles. The lowest BCUT2D eigenvalue weighted by Crippen LogP contribution is -2.42. The smallest absolute Gasteiger partial charge is 0.237 e. The molecule has 152 valence electrons. The van der Waals surface area contributed by atoms with E-state index in [1.807, 2.05) is 47.2 Å². The van der Waals surface area contributed by atoms with Gasteiger partial charge in [-0.2, -0.15) is 0 Å². The van der Waals surface area contributed by atoms with E-state index in [9.17, 15) is 4.79 Å². The first-order valence-electron chi connectivity index (χ1n) is 9.85. The van der Waals surface area contributed by atoms with Crippen molar-refractivity contribution in [2.24, 2.45) is 5.73 Å². The van der Waals surface area contributed by atoms with Crippen LogP contribution in [0.2, 0.25) is 0 Å². The minimum atomic E-state index is -0.605. The number of hydrogen-bond acceptors (Lipinski definition) is 4. The Bertz CT molecular complexity index is 908. The fourth-order valence-corrected chi connectivity index (χ4v) is 3.17. The number of ether oxygens (including phenoxy) is 1. The van der Waals surface area contributed by atoms with E-state index in [1.54, 1.807) is 13.4 Å². The van der Waals surface area contributed by atoms with Crippen molar-refractivity contribution in [2.75, 3.05) is 13.7 Å². The maximum absolute atomic E-state index is 12.3. The summed E-state index contributed by atoms with van der Waals surface area (Å²) >= 11 is 0. The Labute approximate surface area is 171 Å². The standard InChI is InChI=1S/C23H28N4O2/c1-29-21-11-5-9-18(13-21)10-6-12-25-23(28)22(24)14-20-16-27(17-26-20)15-19-7-3-2-4-8-19/h2-5,7-9,11,13,16-17,22H,6,10,12,14-15,24H2,1H3,(H,25,28)/t22-/m0/s1. The molecule has 0 radical (unpaired) electrons. The number of carbonyl (C=O) groups excluding carboxylic acids is 1. The molecule has 0 saturated carbocycles. The first-order chi connectivity index (χ1) is 14.1. The van der Waals surface area contributed by atoms with E-state index < -0.39 is 6.04 Å². The first-order valence-corrected chi connectivity index (χ1v) is 9.85. The molecule has 1 heterocycles. The second kappa shape index (κ2) is 10.4. The lowest BCUT2D eigenvalue weighted by atomic mass is 10.1. The highest BCUT2D eigenvalue weighted by molar-refractivity contribution is 5.81. The second-order valence-electron chi connectivity index (χ2n) is 7.08. The Morgan fingerprint density at radius 1 is 1.17 bits per heavy atom. The van der Waals surface area contributed by atoms with E-state index >= 15 is 0 Å². The molecule has 0 saturated heterocycles. The number of aryl methyl sites for hydroxylation is 1. The van der Waals surface area contributed by atoms with Gasteiger partial charge in [0.2, 0.25) is 5.91 Å². The number of imidazole rings is 1. The normalized spacial score (nSPS) is 11.8. The van der Waals surface area contributed by atoms with Crippen LogP contribution in [0, 0.1) is 0 Å². The number of benzene rings is 2. The van der Waals surface area contributed by atoms with Gasteiger partial charge in [0.05, 0.1) is 25.2 Å². The van der Waals surface area contributed by atoms with Gasteiger partial charge in [-0.15, -0.1) is 0 Å². The predicted molar refractivity (Wildman–Crippen MR) is 114 cm³/mol. The number of rotatable bonds is 10. The lowest BCUT2D eigenvalue weighted by molar-refractivity contribution is -0.122. The summed E-state index contributed by atoms with van der Waals surface area (Å²) in [5.41, 5.74) is 9.27. The SMILES string of the molecule is COc1cccc(CCCNC(=O)[C@@H](N)Cc2cn(Cc3ccccc3)cn2)c1. The molecule has 0 fully saturated rings. The molecule has 6 heteroatoms. The molecule has 29 heavy (non-hydrogen) atoms. The molecule has 0 aliphatic rings. The van der Waals surface area contributed by atoms with Crippen LogP contribution in [0.5, 0.6) is 5.75 Å². The number of nitrogens with two attached hydrogens (primary N) is 1. The highest BCUT2D eigenvalue weighted by atomic mass is 16.5. The van der Waals surface area contributed by atoms with Crippen LogP contribution in [0.1, 0.15) is 23.2 Å². The molecule has 2 aromatic carbocycles. The van der Waals surface area contributed by atoms with Gasteiger partial charge in [-0.05, 0) is 36.1 Å². The third kappa shape index (κ3) is 6.47. The van der Waals surface area contributed by atoms with Crippen LogP contribution in [0.3, 0.4) is 0 Å². The van der Waals surface area contributed by atoms with Gasteiger partial charge in [0.25, 0.3) is 0 Å². The van der Waals surface area contributed by atoms with E-state index in [4.69, 9.17) is 10.5 Å². The molecule has 1 amide bonds. The second-order valence-corrected chi connectivity index (χ2v) is 7.08. The number of methoxy groups -OCH3 is 1. The van der Waals surface area contributed by atoms with Gasteiger partial charge in [-0.25, -0.2) is 4.98 Å². The summed E-state index contributed by atoms with van der Waals surface area (Å²) in [6.07, 6.45) is 5.86. The number of amides is 1. The van der Waals surface area contributed by atoms with Crippen molar-refractivity contribution in [1.29, 1.82) is 0 Å². The summed E-state index contributed by atoms with van der Waals surface area (Å²) < 4.78 is 7.23. The summed E-state index contributed by atoms with van der Waals surface area (Å²) in [5.74, 6) is 0.702. The van der Waals surface area contributed by atoms with Gasteiger partial charge in [0.15, 0.2) is 0 Å². The minimum absolute atomic E-state index is 0.145. The van der Waals surface area contributed by atoms with Crippen molar-refractivity contribution in [3.05, 3.63) is 83.9 Å². The Balaban J connectivity index is 1.40. The largest absolute Gasteiger partial charge is 0.497 e. The summed E-state index contributed by atoms with van der Waals surface area (Å²) in [6.45, 7) is 1.34. The summed E-state index contributed by atoms with van der Waals surface area (Å²) in [4.78, 5) is 16.6. The third-order valence-electron chi connectivity index (χ3n) is 4.74. The number of hydrogen-bond donors (Lipinski definition) is 2. The quantitative estimate of drug-likeness (QED) is 0.520. The highest BCUT2D eigenvalue weighted by Crippen LogP contribution is 2.13. The van der Waals surface area contributed by atoms with E-state index in [0.29, 0.717) is 13.0 Å². The molecular weight excluding hydrogens is 364 g/mol. The van der Waals surface area contributed by atoms with Crippen molar-refractivity contribution in [2.45, 2.75) is 31.8 Å². The van der Waals surface area contributed by atoms with E-state index in [1.165, 1.54) is 11.1 Å². The zero-order chi connectivity index (χ0) is 20.5.